The predicted octanol–water partition coefficient (Wildman–Crippen LogP) is 10.4. The fraction of sp³-hybridized carbons (Fsp3) is 0.455. The summed E-state index contributed by atoms with van der Waals surface area (Å²) in [6.07, 6.45) is 16.5. The maximum atomic E-state index is 11.3. The van der Waals surface area contributed by atoms with E-state index >= 15 is 0 Å². The number of hydrogen-bond donors (Lipinski definition) is 0. The number of allylic oxidation sites excluding steroid dienone is 2. The molecule has 2 aromatic carbocycles. The average molecular weight is 579 g/mol. The van der Waals surface area contributed by atoms with Gasteiger partial charge in [0.25, 0.3) is 0 Å². The van der Waals surface area contributed by atoms with Gasteiger partial charge in [-0.2, -0.15) is 0 Å². The van der Waals surface area contributed by atoms with Gasteiger partial charge in [-0.3, -0.25) is 0 Å². The average Bonchev–Trinajstić information content (AvgIpc) is 3.17. The van der Waals surface area contributed by atoms with Crippen molar-refractivity contribution in [1.29, 1.82) is 0 Å². The summed E-state index contributed by atoms with van der Waals surface area (Å²) in [4.78, 5) is 0. The second-order valence-corrected chi connectivity index (χ2v) is 9.48. The first-order valence-electron chi connectivity index (χ1n) is 13.3. The molecule has 3 heteroatoms. The van der Waals surface area contributed by atoms with Gasteiger partial charge in [-0.15, -0.1) is 0 Å². The van der Waals surface area contributed by atoms with Crippen molar-refractivity contribution in [2.75, 3.05) is 0 Å². The Hall–Kier alpha value is -1.82. The van der Waals surface area contributed by atoms with Gasteiger partial charge in [-0.05, 0) is 73.9 Å². The topological polar surface area (TPSA) is 25.3 Å². The summed E-state index contributed by atoms with van der Waals surface area (Å²) >= 11 is 0. The Labute approximate surface area is 236 Å². The van der Waals surface area contributed by atoms with Crippen molar-refractivity contribution >= 4 is 11.4 Å². The van der Waals surface area contributed by atoms with Crippen LogP contribution in [0.3, 0.4) is 0 Å². The van der Waals surface area contributed by atoms with Crippen LogP contribution in [0, 0.1) is 14.9 Å². The van der Waals surface area contributed by atoms with Crippen LogP contribution >= 0.6 is 0 Å². The van der Waals surface area contributed by atoms with Gasteiger partial charge in [0.05, 0.1) is 0 Å². The van der Waals surface area contributed by atoms with E-state index in [1.54, 1.807) is 0 Å². The molecule has 0 aromatic heterocycles. The van der Waals surface area contributed by atoms with Crippen molar-refractivity contribution in [2.24, 2.45) is 0 Å². The third-order valence-electron chi connectivity index (χ3n) is 6.69. The molecule has 0 aliphatic carbocycles. The molecule has 0 bridgehead atoms. The van der Waals surface area contributed by atoms with Crippen molar-refractivity contribution in [1.82, 2.24) is 0 Å². The first-order chi connectivity index (χ1) is 16.2. The molecule has 0 amide bonds. The van der Waals surface area contributed by atoms with Crippen molar-refractivity contribution in [3.05, 3.63) is 103 Å². The van der Waals surface area contributed by atoms with Crippen molar-refractivity contribution in [3.63, 3.8) is 0 Å². The molecule has 0 atom stereocenters. The fourth-order valence-electron chi connectivity index (χ4n) is 4.67. The summed E-state index contributed by atoms with van der Waals surface area (Å²) < 4.78 is 1.44. The normalized spacial score (nSPS) is 12.5. The summed E-state index contributed by atoms with van der Waals surface area (Å²) in [7, 11) is 0. The number of nitrogens with zero attached hydrogens (tertiary/aromatic N) is 2. The Morgan fingerprint density at radius 3 is 1.92 bits per heavy atom. The van der Waals surface area contributed by atoms with Crippen LogP contribution in [0.2, 0.25) is 0 Å². The van der Waals surface area contributed by atoms with Crippen LogP contribution in [0.1, 0.15) is 107 Å². The number of benzene rings is 2. The number of rotatable bonds is 14. The van der Waals surface area contributed by atoms with E-state index in [9.17, 15) is 5.53 Å². The predicted molar refractivity (Wildman–Crippen MR) is 155 cm³/mol. The van der Waals surface area contributed by atoms with Crippen LogP contribution in [-0.4, -0.2) is 4.70 Å². The molecule has 200 valence electrons. The molecule has 1 aliphatic heterocycles. The van der Waals surface area contributed by atoms with Crippen molar-refractivity contribution < 1.29 is 25.1 Å². The molecule has 1 heterocycles. The maximum Gasteiger partial charge on any atom is 2.00 e. The quantitative estimate of drug-likeness (QED) is 0.0922. The zero-order chi connectivity index (χ0) is 23.5. The van der Waals surface area contributed by atoms with Gasteiger partial charge in [-0.1, -0.05) is 83.6 Å². The zero-order valence-electron chi connectivity index (χ0n) is 23.4. The number of hydrogen-bond acceptors (Lipinski definition) is 0. The Morgan fingerprint density at radius 2 is 1.25 bits per heavy atom. The van der Waals surface area contributed by atoms with E-state index in [4.69, 9.17) is 0 Å². The van der Waals surface area contributed by atoms with E-state index in [1.165, 1.54) is 72.8 Å². The maximum absolute atomic E-state index is 11.3. The Bertz CT molecular complexity index is 969. The van der Waals surface area contributed by atoms with E-state index in [0.29, 0.717) is 0 Å². The van der Waals surface area contributed by atoms with Crippen LogP contribution in [0.25, 0.3) is 16.9 Å². The molecule has 0 radical (unpaired) electrons. The molecule has 0 saturated carbocycles. The third kappa shape index (κ3) is 9.57. The Balaban J connectivity index is 0.00000408. The SMILES string of the molecule is CCCCCCC1=C(c2cccc(CCCC)c2)[N+](=[N-])C(c2ccc(CCCCC)cc2)=C1.[CH3-].[CH3-].[Pd+2]. The molecule has 0 spiro atoms. The first-order valence-corrected chi connectivity index (χ1v) is 13.3. The van der Waals surface area contributed by atoms with E-state index in [0.717, 1.165) is 48.2 Å². The van der Waals surface area contributed by atoms with Gasteiger partial charge in [0.15, 0.2) is 0 Å². The number of aryl methyl sites for hydroxylation is 2. The van der Waals surface area contributed by atoms with Gasteiger partial charge in [-0.25, -0.2) is 4.70 Å². The molecule has 0 N–H and O–H groups in total. The summed E-state index contributed by atoms with van der Waals surface area (Å²) in [6.45, 7) is 6.73. The summed E-state index contributed by atoms with van der Waals surface area (Å²) in [6, 6.07) is 17.6. The molecule has 0 fully saturated rings. The molecule has 3 rings (SSSR count). The minimum atomic E-state index is 0. The molecule has 1 aliphatic rings. The summed E-state index contributed by atoms with van der Waals surface area (Å²) in [5.74, 6) is 0. The van der Waals surface area contributed by atoms with E-state index in [-0.39, 0.29) is 35.3 Å². The number of unbranched alkanes of at least 4 members (excludes halogenated alkanes) is 6. The smallest absolute Gasteiger partial charge is 0.493 e. The second-order valence-electron chi connectivity index (χ2n) is 9.48. The van der Waals surface area contributed by atoms with Crippen molar-refractivity contribution in [3.8, 4) is 0 Å². The molecular weight excluding hydrogens is 531 g/mol. The van der Waals surface area contributed by atoms with Gasteiger partial charge in [0.1, 0.15) is 0 Å². The van der Waals surface area contributed by atoms with E-state index in [2.05, 4.69) is 75.4 Å². The van der Waals surface area contributed by atoms with E-state index in [1.807, 2.05) is 0 Å². The first kappa shape index (κ1) is 34.2. The summed E-state index contributed by atoms with van der Waals surface area (Å²) in [5, 5.41) is 0. The standard InChI is InChI=1S/C31H42N2.2CH3.Pd/c1-4-7-10-12-17-29-24-30(27-21-19-25(20-22-27)15-11-8-5-2)33(32)31(29)28-18-13-16-26(23-28)14-9-6-3;;;/h13,16,18-24H,4-12,14-15,17H2,1-3H3;2*1H3;/q;2*-1;+2. The van der Waals surface area contributed by atoms with E-state index < -0.39 is 0 Å². The van der Waals surface area contributed by atoms with Gasteiger partial charge in [0.2, 0.25) is 11.4 Å². The Kier molecular flexibility index (Phi) is 17.5. The largest absolute Gasteiger partial charge is 2.00 e. The fourth-order valence-corrected chi connectivity index (χ4v) is 4.67. The van der Waals surface area contributed by atoms with Crippen LogP contribution in [0.5, 0.6) is 0 Å². The molecule has 36 heavy (non-hydrogen) atoms. The minimum Gasteiger partial charge on any atom is -0.493 e. The molecule has 2 nitrogen and oxygen atoms in total. The van der Waals surface area contributed by atoms with Gasteiger partial charge < -0.3 is 20.4 Å². The van der Waals surface area contributed by atoms with Crippen LogP contribution in [0.4, 0.5) is 0 Å². The third-order valence-corrected chi connectivity index (χ3v) is 6.69. The van der Waals surface area contributed by atoms with Crippen molar-refractivity contribution in [2.45, 2.75) is 97.8 Å². The second kappa shape index (κ2) is 18.4. The zero-order valence-corrected chi connectivity index (χ0v) is 24.9. The Morgan fingerprint density at radius 1 is 0.639 bits per heavy atom. The molecular formula is C33H48N2Pd. The van der Waals surface area contributed by atoms with Crippen LogP contribution in [-0.2, 0) is 33.3 Å². The minimum absolute atomic E-state index is 0. The van der Waals surface area contributed by atoms with Crippen LogP contribution < -0.4 is 0 Å². The van der Waals surface area contributed by atoms with Gasteiger partial charge >= 0.3 is 20.4 Å². The van der Waals surface area contributed by atoms with Gasteiger partial charge in [0, 0.05) is 22.8 Å². The monoisotopic (exact) mass is 578 g/mol. The van der Waals surface area contributed by atoms with Crippen LogP contribution in [0.15, 0.2) is 60.2 Å². The molecule has 0 unspecified atom stereocenters. The molecule has 2 aromatic rings. The molecule has 0 saturated heterocycles. The summed E-state index contributed by atoms with van der Waals surface area (Å²) in [5.41, 5.74) is 19.4.